The quantitative estimate of drug-likeness (QED) is 0.640. The van der Waals surface area contributed by atoms with Crippen molar-refractivity contribution in [2.24, 2.45) is 0 Å². The van der Waals surface area contributed by atoms with Gasteiger partial charge in [0.25, 0.3) is 0 Å². The van der Waals surface area contributed by atoms with Gasteiger partial charge in [0.05, 0.1) is 21.3 Å². The Hall–Kier alpha value is -3.00. The molecule has 1 aliphatic heterocycles. The van der Waals surface area contributed by atoms with Crippen molar-refractivity contribution in [3.63, 3.8) is 0 Å². The molecule has 0 saturated carbocycles. The minimum Gasteiger partial charge on any atom is -0.493 e. The Morgan fingerprint density at radius 2 is 1.71 bits per heavy atom. The summed E-state index contributed by atoms with van der Waals surface area (Å²) in [5, 5.41) is 7.73. The predicted molar refractivity (Wildman–Crippen MR) is 110 cm³/mol. The molecule has 1 atom stereocenters. The maximum absolute atomic E-state index is 5.69. The van der Waals surface area contributed by atoms with Gasteiger partial charge >= 0.3 is 0 Å². The molecule has 1 unspecified atom stereocenters. The number of hydrogen-bond acceptors (Lipinski definition) is 6. The van der Waals surface area contributed by atoms with E-state index in [-0.39, 0.29) is 6.04 Å². The summed E-state index contributed by atoms with van der Waals surface area (Å²) in [6.45, 7) is 0. The Labute approximate surface area is 171 Å². The summed E-state index contributed by atoms with van der Waals surface area (Å²) in [6, 6.07) is 11.7. The molecule has 1 aliphatic rings. The lowest BCUT2D eigenvalue weighted by Crippen LogP contribution is -2.21. The molecule has 2 heterocycles. The molecule has 4 rings (SSSR count). The first kappa shape index (κ1) is 18.4. The lowest BCUT2D eigenvalue weighted by molar-refractivity contribution is 0.320. The molecular weight excluding hydrogens is 424 g/mol. The van der Waals surface area contributed by atoms with Crippen molar-refractivity contribution in [1.82, 2.24) is 14.8 Å². The van der Waals surface area contributed by atoms with Gasteiger partial charge in [0.1, 0.15) is 12.4 Å². The van der Waals surface area contributed by atoms with Gasteiger partial charge in [-0.25, -0.2) is 4.68 Å². The second-order valence-electron chi connectivity index (χ2n) is 6.11. The van der Waals surface area contributed by atoms with Crippen LogP contribution >= 0.6 is 15.9 Å². The van der Waals surface area contributed by atoms with Gasteiger partial charge in [-0.05, 0) is 35.9 Å². The van der Waals surface area contributed by atoms with Crippen LogP contribution in [0.15, 0.2) is 53.3 Å². The van der Waals surface area contributed by atoms with Crippen molar-refractivity contribution in [2.45, 2.75) is 6.04 Å². The molecule has 0 aliphatic carbocycles. The fourth-order valence-corrected chi connectivity index (χ4v) is 3.57. The lowest BCUT2D eigenvalue weighted by Gasteiger charge is -2.26. The number of allylic oxidation sites excluding steroid dienone is 1. The van der Waals surface area contributed by atoms with E-state index in [1.807, 2.05) is 41.1 Å². The van der Waals surface area contributed by atoms with Crippen molar-refractivity contribution in [3.05, 3.63) is 64.4 Å². The van der Waals surface area contributed by atoms with Crippen molar-refractivity contribution in [3.8, 4) is 17.2 Å². The van der Waals surface area contributed by atoms with Crippen molar-refractivity contribution >= 4 is 27.6 Å². The van der Waals surface area contributed by atoms with Crippen molar-refractivity contribution < 1.29 is 14.2 Å². The summed E-state index contributed by atoms with van der Waals surface area (Å²) < 4.78 is 19.5. The summed E-state index contributed by atoms with van der Waals surface area (Å²) in [4.78, 5) is 4.35. The summed E-state index contributed by atoms with van der Waals surface area (Å²) in [5.74, 6) is 2.40. The van der Waals surface area contributed by atoms with Crippen LogP contribution < -0.4 is 19.5 Å². The maximum atomic E-state index is 5.69. The number of aromatic nitrogens is 3. The van der Waals surface area contributed by atoms with E-state index in [9.17, 15) is 0 Å². The number of nitrogens with zero attached hydrogens (tertiary/aromatic N) is 3. The fraction of sp³-hybridized carbons (Fsp3) is 0.200. The number of fused-ring (bicyclic) bond motifs is 1. The second-order valence-corrected chi connectivity index (χ2v) is 7.02. The summed E-state index contributed by atoms with van der Waals surface area (Å²) in [5.41, 5.74) is 2.87. The van der Waals surface area contributed by atoms with Crippen LogP contribution in [0.2, 0.25) is 0 Å². The van der Waals surface area contributed by atoms with E-state index in [0.29, 0.717) is 23.2 Å². The van der Waals surface area contributed by atoms with Crippen molar-refractivity contribution in [2.75, 3.05) is 26.6 Å². The molecule has 0 amide bonds. The number of benzene rings is 2. The van der Waals surface area contributed by atoms with Gasteiger partial charge < -0.3 is 19.5 Å². The summed E-state index contributed by atoms with van der Waals surface area (Å²) >= 11 is 3.48. The van der Waals surface area contributed by atoms with Crippen LogP contribution in [0.5, 0.6) is 17.2 Å². The molecule has 28 heavy (non-hydrogen) atoms. The first-order valence-corrected chi connectivity index (χ1v) is 9.38. The number of halogens is 1. The van der Waals surface area contributed by atoms with Gasteiger partial charge in [0.2, 0.25) is 11.7 Å². The molecule has 0 radical (unpaired) electrons. The van der Waals surface area contributed by atoms with Crippen LogP contribution in [0.1, 0.15) is 17.2 Å². The average molecular weight is 443 g/mol. The smallest absolute Gasteiger partial charge is 0.226 e. The van der Waals surface area contributed by atoms with Crippen LogP contribution in [0.3, 0.4) is 0 Å². The van der Waals surface area contributed by atoms with E-state index >= 15 is 0 Å². The zero-order valence-corrected chi connectivity index (χ0v) is 17.2. The molecule has 1 N–H and O–H groups in total. The molecule has 2 aromatic carbocycles. The third-order valence-corrected chi connectivity index (χ3v) is 5.14. The average Bonchev–Trinajstić information content (AvgIpc) is 3.21. The molecule has 0 spiro atoms. The normalized spacial score (nSPS) is 15.3. The maximum Gasteiger partial charge on any atom is 0.226 e. The van der Waals surface area contributed by atoms with Gasteiger partial charge in [0.15, 0.2) is 11.5 Å². The number of methoxy groups -OCH3 is 3. The monoisotopic (exact) mass is 442 g/mol. The number of hydrogen-bond donors (Lipinski definition) is 1. The van der Waals surface area contributed by atoms with Gasteiger partial charge in [-0.3, -0.25) is 0 Å². The van der Waals surface area contributed by atoms with E-state index in [2.05, 4.69) is 37.4 Å². The van der Waals surface area contributed by atoms with Crippen molar-refractivity contribution in [1.29, 1.82) is 0 Å². The molecule has 0 bridgehead atoms. The number of ether oxygens (including phenoxy) is 3. The largest absolute Gasteiger partial charge is 0.493 e. The standard InChI is InChI=1S/C20H19BrN4O3/c1-26-17-9-8-14(18(27-2)19(17)28-3)16-10-15(12-4-6-13(21)7-5-12)24-20-22-11-23-25(16)20/h4-11,16H,1-3H3,(H,22,23,24). The minimum absolute atomic E-state index is 0.229. The first-order valence-electron chi connectivity index (χ1n) is 8.59. The fourth-order valence-electron chi connectivity index (χ4n) is 3.31. The van der Waals surface area contributed by atoms with Gasteiger partial charge in [-0.2, -0.15) is 10.1 Å². The molecular formula is C20H19BrN4O3. The van der Waals surface area contributed by atoms with Gasteiger partial charge in [0, 0.05) is 15.7 Å². The molecule has 0 saturated heterocycles. The van der Waals surface area contributed by atoms with Gasteiger partial charge in [-0.15, -0.1) is 0 Å². The van der Waals surface area contributed by atoms with Gasteiger partial charge in [-0.1, -0.05) is 28.1 Å². The minimum atomic E-state index is -0.229. The Bertz CT molecular complexity index is 1030. The highest BCUT2D eigenvalue weighted by atomic mass is 79.9. The summed E-state index contributed by atoms with van der Waals surface area (Å²) in [6.07, 6.45) is 3.62. The Morgan fingerprint density at radius 1 is 0.964 bits per heavy atom. The third-order valence-electron chi connectivity index (χ3n) is 4.62. The number of rotatable bonds is 5. The van der Waals surface area contributed by atoms with Crippen LogP contribution in [0.25, 0.3) is 5.70 Å². The lowest BCUT2D eigenvalue weighted by atomic mass is 10.00. The second kappa shape index (κ2) is 7.55. The zero-order chi connectivity index (χ0) is 19.7. The number of nitrogens with one attached hydrogen (secondary N) is 1. The van der Waals surface area contributed by atoms with E-state index in [1.54, 1.807) is 21.3 Å². The molecule has 0 fully saturated rings. The zero-order valence-electron chi connectivity index (χ0n) is 15.6. The highest BCUT2D eigenvalue weighted by Gasteiger charge is 2.28. The van der Waals surface area contributed by atoms with E-state index < -0.39 is 0 Å². The summed E-state index contributed by atoms with van der Waals surface area (Å²) in [7, 11) is 4.81. The first-order chi connectivity index (χ1) is 13.7. The van der Waals surface area contributed by atoms with Crippen LogP contribution in [0, 0.1) is 0 Å². The van der Waals surface area contributed by atoms with E-state index in [0.717, 1.165) is 21.3 Å². The SMILES string of the molecule is COc1ccc(C2C=C(c3ccc(Br)cc3)Nc3ncnn32)c(OC)c1OC. The highest BCUT2D eigenvalue weighted by Crippen LogP contribution is 2.45. The Balaban J connectivity index is 1.87. The Morgan fingerprint density at radius 3 is 2.39 bits per heavy atom. The third kappa shape index (κ3) is 3.09. The van der Waals surface area contributed by atoms with E-state index in [4.69, 9.17) is 14.2 Å². The van der Waals surface area contributed by atoms with Crippen LogP contribution in [-0.2, 0) is 0 Å². The predicted octanol–water partition coefficient (Wildman–Crippen LogP) is 4.12. The molecule has 3 aromatic rings. The highest BCUT2D eigenvalue weighted by molar-refractivity contribution is 9.10. The van der Waals surface area contributed by atoms with E-state index in [1.165, 1.54) is 6.33 Å². The molecule has 144 valence electrons. The molecule has 8 heteroatoms. The molecule has 1 aromatic heterocycles. The molecule has 7 nitrogen and oxygen atoms in total. The number of anilines is 1. The van der Waals surface area contributed by atoms with Crippen LogP contribution in [0.4, 0.5) is 5.95 Å². The Kier molecular flexibility index (Phi) is 4.95. The topological polar surface area (TPSA) is 70.4 Å². The van der Waals surface area contributed by atoms with Crippen LogP contribution in [-0.4, -0.2) is 36.1 Å².